The van der Waals surface area contributed by atoms with Crippen LogP contribution in [0, 0.1) is 0 Å². The van der Waals surface area contributed by atoms with Gasteiger partial charge in [0.25, 0.3) is 0 Å². The van der Waals surface area contributed by atoms with Crippen molar-refractivity contribution in [1.29, 1.82) is 0 Å². The van der Waals surface area contributed by atoms with Crippen LogP contribution in [0.3, 0.4) is 0 Å². The molecule has 0 heterocycles. The van der Waals surface area contributed by atoms with Gasteiger partial charge in [0.05, 0.1) is 6.61 Å². The van der Waals surface area contributed by atoms with E-state index in [1.807, 2.05) is 6.92 Å². The van der Waals surface area contributed by atoms with Gasteiger partial charge < -0.3 is 9.03 Å². The van der Waals surface area contributed by atoms with Gasteiger partial charge in [-0.15, -0.1) is 11.6 Å². The molecule has 0 aliphatic carbocycles. The number of esters is 1. The Morgan fingerprint density at radius 2 is 1.71 bits per heavy atom. The van der Waals surface area contributed by atoms with Gasteiger partial charge in [0.1, 0.15) is 17.7 Å². The van der Waals surface area contributed by atoms with Crippen LogP contribution < -0.4 is 0 Å². The first kappa shape index (κ1) is 22.2. The summed E-state index contributed by atoms with van der Waals surface area (Å²) >= 11 is 9.41. The maximum absolute atomic E-state index is 10.7. The molecule has 0 atom stereocenters. The zero-order chi connectivity index (χ0) is 12.8. The summed E-state index contributed by atoms with van der Waals surface area (Å²) in [6.45, 7) is 4.45. The molecule has 0 aromatic carbocycles. The average molecular weight is 332 g/mol. The Bertz CT molecular complexity index is 185. The smallest absolute Gasteiger partial charge is 0.339 e. The molecule has 0 aliphatic rings. The van der Waals surface area contributed by atoms with Crippen LogP contribution in [-0.2, 0) is 35.1 Å². The topological polar surface area (TPSA) is 52.6 Å². The van der Waals surface area contributed by atoms with E-state index < -0.39 is 5.97 Å². The Balaban J connectivity index is -0.000000244. The molecule has 0 aliphatic heterocycles. The Morgan fingerprint density at radius 3 is 2.00 bits per heavy atom. The summed E-state index contributed by atoms with van der Waals surface area (Å²) in [4.78, 5) is 20.4. The standard InChI is InChI=1S/C8H16O2.C2H2Cl2O2.Ni/c1-3-5-6-7-8(9)10-4-2;3-1-2(5)6-4;/h3-7H2,1-2H3;1H2;. The first-order chi connectivity index (χ1) is 7.62. The van der Waals surface area contributed by atoms with Crippen molar-refractivity contribution in [3.8, 4) is 0 Å². The summed E-state index contributed by atoms with van der Waals surface area (Å²) in [5.74, 6) is -0.877. The molecule has 0 saturated heterocycles. The number of unbranched alkanes of at least 4 members (excludes halogenated alkanes) is 2. The minimum atomic E-state index is -0.627. The molecule has 0 N–H and O–H groups in total. The molecule has 0 unspecified atom stereocenters. The quantitative estimate of drug-likeness (QED) is 0.325. The maximum Gasteiger partial charge on any atom is 0.339 e. The third-order valence-electron chi connectivity index (χ3n) is 1.48. The van der Waals surface area contributed by atoms with E-state index in [1.54, 1.807) is 0 Å². The van der Waals surface area contributed by atoms with E-state index in [2.05, 4.69) is 23.1 Å². The van der Waals surface area contributed by atoms with E-state index in [4.69, 9.17) is 16.3 Å². The predicted molar refractivity (Wildman–Crippen MR) is 63.4 cm³/mol. The van der Waals surface area contributed by atoms with Crippen molar-refractivity contribution in [3.05, 3.63) is 0 Å². The number of halogens is 2. The van der Waals surface area contributed by atoms with Gasteiger partial charge in [-0.1, -0.05) is 19.8 Å². The summed E-state index contributed by atoms with van der Waals surface area (Å²) in [5, 5.41) is 0. The van der Waals surface area contributed by atoms with Crippen LogP contribution in [0.2, 0.25) is 0 Å². The van der Waals surface area contributed by atoms with Crippen LogP contribution in [0.5, 0.6) is 0 Å². The van der Waals surface area contributed by atoms with Crippen LogP contribution in [0.15, 0.2) is 0 Å². The number of hydrogen-bond acceptors (Lipinski definition) is 4. The summed E-state index contributed by atoms with van der Waals surface area (Å²) in [6.07, 6.45) is 3.83. The van der Waals surface area contributed by atoms with Gasteiger partial charge in [0.2, 0.25) is 0 Å². The number of hydrogen-bond donors (Lipinski definition) is 0. The maximum atomic E-state index is 10.7. The van der Waals surface area contributed by atoms with Crippen molar-refractivity contribution >= 4 is 35.4 Å². The van der Waals surface area contributed by atoms with E-state index in [9.17, 15) is 9.59 Å². The summed E-state index contributed by atoms with van der Waals surface area (Å²) in [5.41, 5.74) is 0. The minimum absolute atomic E-state index is 0. The first-order valence-electron chi connectivity index (χ1n) is 5.15. The van der Waals surface area contributed by atoms with Gasteiger partial charge in [0, 0.05) is 22.9 Å². The van der Waals surface area contributed by atoms with E-state index >= 15 is 0 Å². The molecule has 0 bridgehead atoms. The van der Waals surface area contributed by atoms with Crippen LogP contribution >= 0.6 is 23.5 Å². The first-order valence-corrected chi connectivity index (χ1v) is 5.99. The van der Waals surface area contributed by atoms with E-state index in [0.717, 1.165) is 19.3 Å². The number of carbonyl (C=O) groups is 2. The molecule has 4 nitrogen and oxygen atoms in total. The third kappa shape index (κ3) is 21.8. The average Bonchev–Trinajstić information content (AvgIpc) is 2.29. The second-order valence-corrected chi connectivity index (χ2v) is 3.27. The molecule has 106 valence electrons. The fourth-order valence-corrected chi connectivity index (χ4v) is 0.938. The fourth-order valence-electron chi connectivity index (χ4n) is 0.773. The van der Waals surface area contributed by atoms with Crippen molar-refractivity contribution in [1.82, 2.24) is 0 Å². The number of ether oxygens (including phenoxy) is 1. The zero-order valence-corrected chi connectivity index (χ0v) is 12.4. The van der Waals surface area contributed by atoms with E-state index in [1.165, 1.54) is 0 Å². The number of rotatable bonds is 6. The Morgan fingerprint density at radius 1 is 1.12 bits per heavy atom. The number of carbonyl (C=O) groups excluding carboxylic acids is 2. The van der Waals surface area contributed by atoms with Gasteiger partial charge in [0.15, 0.2) is 0 Å². The van der Waals surface area contributed by atoms with Gasteiger partial charge in [-0.3, -0.25) is 4.79 Å². The Labute approximate surface area is 122 Å². The van der Waals surface area contributed by atoms with Crippen LogP contribution in [0.25, 0.3) is 0 Å². The van der Waals surface area contributed by atoms with Gasteiger partial charge in [-0.05, 0) is 13.3 Å². The monoisotopic (exact) mass is 330 g/mol. The van der Waals surface area contributed by atoms with Crippen molar-refractivity contribution in [2.45, 2.75) is 39.5 Å². The van der Waals surface area contributed by atoms with Gasteiger partial charge >= 0.3 is 11.9 Å². The van der Waals surface area contributed by atoms with Gasteiger partial charge in [-0.2, -0.15) is 0 Å². The third-order valence-corrected chi connectivity index (χ3v) is 1.88. The molecule has 17 heavy (non-hydrogen) atoms. The zero-order valence-electron chi connectivity index (χ0n) is 9.95. The van der Waals surface area contributed by atoms with Crippen molar-refractivity contribution in [2.24, 2.45) is 0 Å². The molecule has 0 fully saturated rings. The minimum Gasteiger partial charge on any atom is -0.466 e. The molecule has 0 aromatic rings. The molecule has 0 amide bonds. The molecule has 0 spiro atoms. The summed E-state index contributed by atoms with van der Waals surface area (Å²) < 4.78 is 8.35. The molecule has 0 rings (SSSR count). The summed E-state index contributed by atoms with van der Waals surface area (Å²) in [6, 6.07) is 0. The van der Waals surface area contributed by atoms with E-state index in [0.29, 0.717) is 13.0 Å². The van der Waals surface area contributed by atoms with E-state index in [-0.39, 0.29) is 28.3 Å². The molecule has 0 aromatic heterocycles. The fraction of sp³-hybridized carbons (Fsp3) is 0.800. The van der Waals surface area contributed by atoms with Crippen LogP contribution in [-0.4, -0.2) is 24.4 Å². The second kappa shape index (κ2) is 18.4. The Hall–Kier alpha value is 0.0135. The SMILES string of the molecule is CCCCCC(=O)OCC.O=C(CCl)OCl.[Ni]. The van der Waals surface area contributed by atoms with Crippen molar-refractivity contribution in [2.75, 3.05) is 12.5 Å². The van der Waals surface area contributed by atoms with Gasteiger partial charge in [-0.25, -0.2) is 4.79 Å². The predicted octanol–water partition coefficient (Wildman–Crippen LogP) is 3.05. The molecular formula is C10H18Cl2NiO4. The Kier molecular flexibility index (Phi) is 24.0. The molecular weight excluding hydrogens is 314 g/mol. The molecule has 0 saturated carbocycles. The summed E-state index contributed by atoms with van der Waals surface area (Å²) in [7, 11) is 0. The van der Waals surface area contributed by atoms with Crippen molar-refractivity contribution in [3.63, 3.8) is 0 Å². The second-order valence-electron chi connectivity index (χ2n) is 2.84. The normalized spacial score (nSPS) is 8.24. The van der Waals surface area contributed by atoms with Crippen molar-refractivity contribution < 1.29 is 35.1 Å². The largest absolute Gasteiger partial charge is 0.466 e. The molecule has 0 radical (unpaired) electrons. The number of alkyl halides is 1. The molecule has 7 heteroatoms. The van der Waals surface area contributed by atoms with Crippen LogP contribution in [0.1, 0.15) is 39.5 Å². The van der Waals surface area contributed by atoms with Crippen LogP contribution in [0.4, 0.5) is 0 Å².